The molecule has 0 saturated carbocycles. The zero-order valence-corrected chi connectivity index (χ0v) is 19.5. The van der Waals surface area contributed by atoms with Crippen LogP contribution in [0.2, 0.25) is 0 Å². The second-order valence-corrected chi connectivity index (χ2v) is 8.82. The molecular formula is C25H30N2O7. The lowest BCUT2D eigenvalue weighted by Gasteiger charge is -2.42. The topological polar surface area (TPSA) is 121 Å². The first-order chi connectivity index (χ1) is 16.2. The molecule has 1 aliphatic rings. The van der Waals surface area contributed by atoms with Gasteiger partial charge in [-0.25, -0.2) is 0 Å². The molecule has 0 bridgehead atoms. The summed E-state index contributed by atoms with van der Waals surface area (Å²) in [4.78, 5) is 25.8. The Bertz CT molecular complexity index is 1020. The number of aryl methyl sites for hydroxylation is 1. The fourth-order valence-corrected chi connectivity index (χ4v) is 3.83. The van der Waals surface area contributed by atoms with E-state index in [4.69, 9.17) is 19.3 Å². The molecule has 1 aromatic carbocycles. The largest absolute Gasteiger partial charge is 0.482 e. The Hall–Kier alpha value is -3.30. The summed E-state index contributed by atoms with van der Waals surface area (Å²) in [7, 11) is 0. The molecule has 182 valence electrons. The van der Waals surface area contributed by atoms with Crippen LogP contribution in [0.3, 0.4) is 0 Å². The van der Waals surface area contributed by atoms with Crippen LogP contribution < -0.4 is 4.74 Å². The summed E-state index contributed by atoms with van der Waals surface area (Å²) in [5, 5.41) is 20.1. The van der Waals surface area contributed by atoms with Crippen LogP contribution in [-0.4, -0.2) is 39.5 Å². The van der Waals surface area contributed by atoms with Gasteiger partial charge in [0, 0.05) is 30.3 Å². The van der Waals surface area contributed by atoms with Crippen LogP contribution in [0.1, 0.15) is 50.3 Å². The first-order valence-electron chi connectivity index (χ1n) is 11.1. The number of nitro groups is 1. The summed E-state index contributed by atoms with van der Waals surface area (Å²) in [6, 6.07) is 8.53. The normalized spacial score (nSPS) is 20.9. The SMILES string of the molecule is Cc1ccc(OC(C)(C)C2OCC(CC=CCCC(=O)O)C(c3cccnc3)O2)cc1[N+](=O)[O-]. The molecule has 3 atom stereocenters. The number of aliphatic carboxylic acids is 1. The maximum Gasteiger partial charge on any atom is 0.303 e. The van der Waals surface area contributed by atoms with Crippen molar-refractivity contribution in [2.75, 3.05) is 6.61 Å². The highest BCUT2D eigenvalue weighted by molar-refractivity contribution is 5.66. The summed E-state index contributed by atoms with van der Waals surface area (Å²) >= 11 is 0. The Morgan fingerprint density at radius 3 is 2.82 bits per heavy atom. The third-order valence-corrected chi connectivity index (χ3v) is 5.63. The number of carbonyl (C=O) groups is 1. The summed E-state index contributed by atoms with van der Waals surface area (Å²) in [6.07, 6.45) is 7.42. The molecule has 1 aliphatic heterocycles. The van der Waals surface area contributed by atoms with E-state index in [0.717, 1.165) is 5.56 Å². The van der Waals surface area contributed by atoms with Crippen molar-refractivity contribution >= 4 is 11.7 Å². The summed E-state index contributed by atoms with van der Waals surface area (Å²) in [5.41, 5.74) is 0.505. The van der Waals surface area contributed by atoms with Crippen molar-refractivity contribution in [2.45, 2.75) is 58.0 Å². The first kappa shape index (κ1) is 25.3. The molecule has 1 aromatic heterocycles. The molecule has 9 nitrogen and oxygen atoms in total. The van der Waals surface area contributed by atoms with Gasteiger partial charge in [0.25, 0.3) is 5.69 Å². The minimum absolute atomic E-state index is 0.00205. The van der Waals surface area contributed by atoms with E-state index in [2.05, 4.69) is 4.98 Å². The van der Waals surface area contributed by atoms with E-state index in [9.17, 15) is 14.9 Å². The predicted octanol–water partition coefficient (Wildman–Crippen LogP) is 5.00. The number of carboxylic acids is 1. The van der Waals surface area contributed by atoms with Gasteiger partial charge in [-0.05, 0) is 57.4 Å². The van der Waals surface area contributed by atoms with E-state index in [-0.39, 0.29) is 24.1 Å². The molecule has 0 spiro atoms. The fourth-order valence-electron chi connectivity index (χ4n) is 3.83. The van der Waals surface area contributed by atoms with Crippen molar-refractivity contribution in [3.63, 3.8) is 0 Å². The van der Waals surface area contributed by atoms with Gasteiger partial charge < -0.3 is 19.3 Å². The molecule has 3 rings (SSSR count). The maximum absolute atomic E-state index is 11.3. The number of ether oxygens (including phenoxy) is 3. The quantitative estimate of drug-likeness (QED) is 0.293. The number of rotatable bonds is 10. The fraction of sp³-hybridized carbons (Fsp3) is 0.440. The van der Waals surface area contributed by atoms with Crippen LogP contribution in [0, 0.1) is 23.0 Å². The molecule has 2 heterocycles. The molecule has 1 N–H and O–H groups in total. The predicted molar refractivity (Wildman–Crippen MR) is 124 cm³/mol. The summed E-state index contributed by atoms with van der Waals surface area (Å²) < 4.78 is 18.5. The van der Waals surface area contributed by atoms with Crippen LogP contribution in [0.25, 0.3) is 0 Å². The third kappa shape index (κ3) is 6.61. The van der Waals surface area contributed by atoms with Crippen LogP contribution in [0.4, 0.5) is 5.69 Å². The molecule has 0 amide bonds. The number of carboxylic acid groups (broad SMARTS) is 1. The molecule has 0 radical (unpaired) electrons. The summed E-state index contributed by atoms with van der Waals surface area (Å²) in [5.74, 6) is -0.472. The van der Waals surface area contributed by atoms with Crippen molar-refractivity contribution in [3.05, 3.63) is 76.1 Å². The average Bonchev–Trinajstić information content (AvgIpc) is 2.80. The average molecular weight is 471 g/mol. The Kier molecular flexibility index (Phi) is 8.36. The van der Waals surface area contributed by atoms with Crippen molar-refractivity contribution in [1.29, 1.82) is 0 Å². The van der Waals surface area contributed by atoms with Crippen molar-refractivity contribution in [3.8, 4) is 5.75 Å². The van der Waals surface area contributed by atoms with Gasteiger partial charge in [0.2, 0.25) is 0 Å². The minimum atomic E-state index is -0.939. The monoisotopic (exact) mass is 470 g/mol. The molecule has 1 saturated heterocycles. The lowest BCUT2D eigenvalue weighted by atomic mass is 9.92. The molecule has 34 heavy (non-hydrogen) atoms. The molecule has 9 heteroatoms. The highest BCUT2D eigenvalue weighted by Crippen LogP contribution is 2.39. The van der Waals surface area contributed by atoms with E-state index in [1.165, 1.54) is 6.07 Å². The molecular weight excluding hydrogens is 440 g/mol. The van der Waals surface area contributed by atoms with E-state index in [1.807, 2.05) is 38.1 Å². The van der Waals surface area contributed by atoms with Crippen molar-refractivity contribution in [1.82, 2.24) is 4.98 Å². The van der Waals surface area contributed by atoms with Crippen LogP contribution in [0.5, 0.6) is 5.75 Å². The molecule has 2 aromatic rings. The van der Waals surface area contributed by atoms with Gasteiger partial charge >= 0.3 is 5.97 Å². The van der Waals surface area contributed by atoms with Crippen molar-refractivity contribution < 1.29 is 29.0 Å². The third-order valence-electron chi connectivity index (χ3n) is 5.63. The number of hydrogen-bond acceptors (Lipinski definition) is 7. The Morgan fingerprint density at radius 1 is 1.35 bits per heavy atom. The van der Waals surface area contributed by atoms with Gasteiger partial charge in [0.1, 0.15) is 5.75 Å². The second-order valence-electron chi connectivity index (χ2n) is 8.82. The van der Waals surface area contributed by atoms with E-state index in [0.29, 0.717) is 30.8 Å². The van der Waals surface area contributed by atoms with E-state index in [1.54, 1.807) is 31.5 Å². The molecule has 0 aliphatic carbocycles. The number of aromatic nitrogens is 1. The zero-order chi connectivity index (χ0) is 24.7. The second kappa shape index (κ2) is 11.2. The Morgan fingerprint density at radius 2 is 2.15 bits per heavy atom. The van der Waals surface area contributed by atoms with Crippen LogP contribution in [-0.2, 0) is 14.3 Å². The van der Waals surface area contributed by atoms with Gasteiger partial charge in [-0.1, -0.05) is 18.2 Å². The maximum atomic E-state index is 11.3. The summed E-state index contributed by atoms with van der Waals surface area (Å²) in [6.45, 7) is 5.70. The van der Waals surface area contributed by atoms with Crippen molar-refractivity contribution in [2.24, 2.45) is 5.92 Å². The molecule has 1 fully saturated rings. The number of nitrogens with zero attached hydrogens (tertiary/aromatic N) is 2. The smallest absolute Gasteiger partial charge is 0.303 e. The van der Waals surface area contributed by atoms with Crippen LogP contribution in [0.15, 0.2) is 54.9 Å². The lowest BCUT2D eigenvalue weighted by Crippen LogP contribution is -2.50. The first-order valence-corrected chi connectivity index (χ1v) is 11.1. The number of hydrogen-bond donors (Lipinski definition) is 1. The number of pyridine rings is 1. The van der Waals surface area contributed by atoms with Gasteiger partial charge in [-0.2, -0.15) is 0 Å². The van der Waals surface area contributed by atoms with Gasteiger partial charge in [-0.15, -0.1) is 0 Å². The van der Waals surface area contributed by atoms with Crippen LogP contribution >= 0.6 is 0 Å². The number of benzene rings is 1. The van der Waals surface area contributed by atoms with E-state index < -0.39 is 22.8 Å². The lowest BCUT2D eigenvalue weighted by molar-refractivity contribution is -0.385. The zero-order valence-electron chi connectivity index (χ0n) is 19.5. The highest BCUT2D eigenvalue weighted by Gasteiger charge is 2.42. The standard InChI is InChI=1S/C25H30N2O7/c1-17-11-12-20(14-21(17)27(30)31)34-25(2,3)24-32-16-19(8-5-4-6-10-22(28)29)23(33-24)18-9-7-13-26-15-18/h4-5,7,9,11-15,19,23-24H,6,8,10,16H2,1-3H3,(H,28,29). The number of nitro benzene ring substituents is 1. The highest BCUT2D eigenvalue weighted by atomic mass is 16.7. The van der Waals surface area contributed by atoms with Gasteiger partial charge in [-0.3, -0.25) is 19.9 Å². The Labute approximate surface area is 198 Å². The Balaban J connectivity index is 1.74. The van der Waals surface area contributed by atoms with Gasteiger partial charge in [0.15, 0.2) is 11.9 Å². The minimum Gasteiger partial charge on any atom is -0.482 e. The molecule has 3 unspecified atom stereocenters. The van der Waals surface area contributed by atoms with E-state index >= 15 is 0 Å². The van der Waals surface area contributed by atoms with Gasteiger partial charge in [0.05, 0.1) is 23.7 Å². The number of allylic oxidation sites excluding steroid dienone is 2.